The lowest BCUT2D eigenvalue weighted by atomic mass is 10.1. The number of quaternary nitrogens is 1. The summed E-state index contributed by atoms with van der Waals surface area (Å²) in [6.45, 7) is 13.6. The van der Waals surface area contributed by atoms with E-state index in [-0.39, 0.29) is 0 Å². The minimum Gasteiger partial charge on any atom is -0.326 e. The normalized spacial score (nSPS) is 12.2. The number of unbranched alkanes of at least 4 members (excludes halogenated alkanes) is 14. The Labute approximate surface area is 167 Å². The smallest absolute Gasteiger partial charge is 0.0807 e. The van der Waals surface area contributed by atoms with Gasteiger partial charge in [0.1, 0.15) is 0 Å². The third kappa shape index (κ3) is 17.4. The lowest BCUT2D eigenvalue weighted by Crippen LogP contribution is -2.48. The molecule has 0 aliphatic rings. The van der Waals surface area contributed by atoms with Crippen LogP contribution in [0.3, 0.4) is 0 Å². The summed E-state index contributed by atoms with van der Waals surface area (Å²) in [6, 6.07) is 0. The van der Waals surface area contributed by atoms with E-state index >= 15 is 0 Å². The van der Waals surface area contributed by atoms with E-state index in [0.29, 0.717) is 0 Å². The average Bonchev–Trinajstić information content (AvgIpc) is 2.59. The van der Waals surface area contributed by atoms with Crippen LogP contribution in [0.5, 0.6) is 0 Å². The largest absolute Gasteiger partial charge is 0.326 e. The van der Waals surface area contributed by atoms with Crippen LogP contribution >= 0.6 is 0 Å². The van der Waals surface area contributed by atoms with Crippen molar-refractivity contribution in [1.82, 2.24) is 0 Å². The minimum atomic E-state index is 0.822. The summed E-state index contributed by atoms with van der Waals surface area (Å²) >= 11 is 0. The number of nitrogens with zero attached hydrogens (tertiary/aromatic N) is 1. The second kappa shape index (κ2) is 18.3. The van der Waals surface area contributed by atoms with Crippen LogP contribution in [0.1, 0.15) is 130 Å². The topological polar surface area (TPSA) is 0 Å². The van der Waals surface area contributed by atoms with Gasteiger partial charge >= 0.3 is 0 Å². The van der Waals surface area contributed by atoms with Gasteiger partial charge in [0.25, 0.3) is 0 Å². The second-order valence-corrected chi connectivity index (χ2v) is 9.59. The fraction of sp³-hybridized carbons (Fsp3) is 1.00. The number of hydrogen-bond donors (Lipinski definition) is 0. The summed E-state index contributed by atoms with van der Waals surface area (Å²) < 4.78 is 1.32. The van der Waals surface area contributed by atoms with Crippen LogP contribution in [0, 0.1) is 5.92 Å². The molecule has 0 fully saturated rings. The molecule has 0 aliphatic carbocycles. The molecule has 1 heteroatoms. The fourth-order valence-electron chi connectivity index (χ4n) is 4.43. The zero-order chi connectivity index (χ0) is 19.5. The van der Waals surface area contributed by atoms with E-state index in [1.54, 1.807) is 0 Å². The van der Waals surface area contributed by atoms with Crippen molar-refractivity contribution >= 4 is 0 Å². The molecule has 0 spiro atoms. The van der Waals surface area contributed by atoms with E-state index in [0.717, 1.165) is 5.92 Å². The van der Waals surface area contributed by atoms with Gasteiger partial charge in [-0.2, -0.15) is 0 Å². The van der Waals surface area contributed by atoms with Crippen molar-refractivity contribution in [2.24, 2.45) is 5.92 Å². The maximum absolute atomic E-state index is 2.53. The molecule has 0 atom stereocenters. The van der Waals surface area contributed by atoms with Crippen molar-refractivity contribution in [1.29, 1.82) is 0 Å². The highest BCUT2D eigenvalue weighted by molar-refractivity contribution is 4.52. The first-order valence-corrected chi connectivity index (χ1v) is 12.4. The Kier molecular flexibility index (Phi) is 18.3. The van der Waals surface area contributed by atoms with Gasteiger partial charge < -0.3 is 4.48 Å². The molecule has 158 valence electrons. The van der Waals surface area contributed by atoms with Gasteiger partial charge in [0.2, 0.25) is 0 Å². The molecule has 0 unspecified atom stereocenters. The highest BCUT2D eigenvalue weighted by Gasteiger charge is 2.21. The van der Waals surface area contributed by atoms with Crippen LogP contribution in [-0.4, -0.2) is 31.2 Å². The lowest BCUT2D eigenvalue weighted by Gasteiger charge is -2.36. The predicted molar refractivity (Wildman–Crippen MR) is 121 cm³/mol. The van der Waals surface area contributed by atoms with Crippen LogP contribution in [0.15, 0.2) is 0 Å². The summed E-state index contributed by atoms with van der Waals surface area (Å²) in [6.07, 6.45) is 23.1. The molecule has 26 heavy (non-hydrogen) atoms. The summed E-state index contributed by atoms with van der Waals surface area (Å²) in [5, 5.41) is 0. The van der Waals surface area contributed by atoms with Crippen LogP contribution < -0.4 is 0 Å². The minimum absolute atomic E-state index is 0.822. The predicted octanol–water partition coefficient (Wildman–Crippen LogP) is 8.37. The van der Waals surface area contributed by atoms with Crippen molar-refractivity contribution in [2.45, 2.75) is 130 Å². The first-order chi connectivity index (χ1) is 12.5. The molecule has 0 aromatic rings. The number of rotatable bonds is 20. The molecule has 0 aromatic carbocycles. The Balaban J connectivity index is 3.82. The van der Waals surface area contributed by atoms with E-state index in [2.05, 4.69) is 34.7 Å². The molecule has 0 N–H and O–H groups in total. The van der Waals surface area contributed by atoms with Crippen molar-refractivity contribution in [3.8, 4) is 0 Å². The Hall–Kier alpha value is -0.0400. The summed E-state index contributed by atoms with van der Waals surface area (Å²) in [5.41, 5.74) is 0. The van der Waals surface area contributed by atoms with Gasteiger partial charge in [-0.3, -0.25) is 0 Å². The van der Waals surface area contributed by atoms with E-state index in [1.165, 1.54) is 127 Å². The molecule has 0 saturated heterocycles. The maximum Gasteiger partial charge on any atom is 0.0807 e. The third-order valence-electron chi connectivity index (χ3n) is 5.91. The monoisotopic (exact) mass is 368 g/mol. The highest BCUT2D eigenvalue weighted by atomic mass is 15.3. The van der Waals surface area contributed by atoms with Gasteiger partial charge in [-0.05, 0) is 25.7 Å². The average molecular weight is 369 g/mol. The molecule has 0 heterocycles. The van der Waals surface area contributed by atoms with Gasteiger partial charge in [-0.1, -0.05) is 105 Å². The van der Waals surface area contributed by atoms with Crippen molar-refractivity contribution in [2.75, 3.05) is 26.7 Å². The maximum atomic E-state index is 2.53. The SMILES string of the molecule is CCCCCCCCCC[N+](C)(CCCCCCCCCC)CC(C)C. The second-order valence-electron chi connectivity index (χ2n) is 9.59. The Bertz CT molecular complexity index is 251. The Morgan fingerprint density at radius 2 is 0.808 bits per heavy atom. The van der Waals surface area contributed by atoms with Crippen LogP contribution in [0.4, 0.5) is 0 Å². The first kappa shape index (κ1) is 26.0. The van der Waals surface area contributed by atoms with E-state index < -0.39 is 0 Å². The molecule has 0 saturated carbocycles. The van der Waals surface area contributed by atoms with Crippen LogP contribution in [0.2, 0.25) is 0 Å². The van der Waals surface area contributed by atoms with Gasteiger partial charge in [0.05, 0.1) is 26.7 Å². The van der Waals surface area contributed by atoms with Gasteiger partial charge in [-0.25, -0.2) is 0 Å². The zero-order valence-electron chi connectivity index (χ0n) is 19.5. The van der Waals surface area contributed by atoms with Gasteiger partial charge in [0.15, 0.2) is 0 Å². The molecular formula is C25H54N+. The highest BCUT2D eigenvalue weighted by Crippen LogP contribution is 2.16. The van der Waals surface area contributed by atoms with Crippen molar-refractivity contribution in [3.05, 3.63) is 0 Å². The number of hydrogen-bond acceptors (Lipinski definition) is 0. The van der Waals surface area contributed by atoms with Crippen LogP contribution in [0.25, 0.3) is 0 Å². The summed E-state index contributed by atoms with van der Waals surface area (Å²) in [5.74, 6) is 0.822. The molecule has 0 rings (SSSR count). The molecular weight excluding hydrogens is 314 g/mol. The van der Waals surface area contributed by atoms with Crippen molar-refractivity contribution < 1.29 is 4.48 Å². The fourth-order valence-corrected chi connectivity index (χ4v) is 4.43. The van der Waals surface area contributed by atoms with Gasteiger partial charge in [-0.15, -0.1) is 0 Å². The molecule has 1 nitrogen and oxygen atoms in total. The first-order valence-electron chi connectivity index (χ1n) is 12.4. The van der Waals surface area contributed by atoms with Gasteiger partial charge in [0, 0.05) is 5.92 Å². The quantitative estimate of drug-likeness (QED) is 0.149. The van der Waals surface area contributed by atoms with Crippen LogP contribution in [-0.2, 0) is 0 Å². The third-order valence-corrected chi connectivity index (χ3v) is 5.91. The molecule has 0 bridgehead atoms. The standard InChI is InChI=1S/C25H54N/c1-6-8-10-12-14-16-18-20-22-26(5,24-25(3)4)23-21-19-17-15-13-11-9-7-2/h25H,6-24H2,1-5H3/q+1. The lowest BCUT2D eigenvalue weighted by molar-refractivity contribution is -0.912. The Morgan fingerprint density at radius 3 is 1.12 bits per heavy atom. The van der Waals surface area contributed by atoms with E-state index in [4.69, 9.17) is 0 Å². The zero-order valence-corrected chi connectivity index (χ0v) is 19.5. The molecule has 0 aromatic heterocycles. The molecule has 0 aliphatic heterocycles. The van der Waals surface area contributed by atoms with E-state index in [1.807, 2.05) is 0 Å². The molecule has 0 amide bonds. The Morgan fingerprint density at radius 1 is 0.500 bits per heavy atom. The van der Waals surface area contributed by atoms with Crippen molar-refractivity contribution in [3.63, 3.8) is 0 Å². The van der Waals surface area contributed by atoms with E-state index in [9.17, 15) is 0 Å². The summed E-state index contributed by atoms with van der Waals surface area (Å²) in [4.78, 5) is 0. The molecule has 0 radical (unpaired) electrons. The summed E-state index contributed by atoms with van der Waals surface area (Å²) in [7, 11) is 2.53.